The van der Waals surface area contributed by atoms with Crippen LogP contribution in [0.2, 0.25) is 0 Å². The molecule has 0 aromatic carbocycles. The highest BCUT2D eigenvalue weighted by Gasteiger charge is 1.83. The van der Waals surface area contributed by atoms with E-state index in [2.05, 4.69) is 5.32 Å². The molecular formula is C10H27NO2. The summed E-state index contributed by atoms with van der Waals surface area (Å²) in [7, 11) is 3.38. The molecule has 0 bridgehead atoms. The Kier molecular flexibility index (Phi) is 42.6. The fraction of sp³-hybridized carbons (Fsp3) is 1.00. The molecule has 0 amide bonds. The monoisotopic (exact) mass is 193 g/mol. The minimum absolute atomic E-state index is 0.768. The molecule has 0 heterocycles. The normalized spacial score (nSPS) is 7.85. The molecule has 3 nitrogen and oxygen atoms in total. The topological polar surface area (TPSA) is 30.5 Å². The zero-order valence-electron chi connectivity index (χ0n) is 10.1. The molecule has 0 radical (unpaired) electrons. The summed E-state index contributed by atoms with van der Waals surface area (Å²) in [6, 6.07) is 0. The molecule has 0 aromatic heterocycles. The van der Waals surface area contributed by atoms with E-state index in [4.69, 9.17) is 9.47 Å². The lowest BCUT2D eigenvalue weighted by atomic mass is 10.6. The maximum Gasteiger partial charge on any atom is 0.0587 e. The third-order valence-electron chi connectivity index (χ3n) is 0.966. The zero-order valence-corrected chi connectivity index (χ0v) is 10.1. The van der Waals surface area contributed by atoms with Crippen LogP contribution in [0.3, 0.4) is 0 Å². The highest BCUT2D eigenvalue weighted by Crippen LogP contribution is 1.65. The average molecular weight is 193 g/mol. The number of methoxy groups -OCH3 is 2. The summed E-state index contributed by atoms with van der Waals surface area (Å²) < 4.78 is 9.64. The highest BCUT2D eigenvalue weighted by molar-refractivity contribution is 4.42. The van der Waals surface area contributed by atoms with Crippen LogP contribution in [0.5, 0.6) is 0 Å². The van der Waals surface area contributed by atoms with Gasteiger partial charge < -0.3 is 14.8 Å². The quantitative estimate of drug-likeness (QED) is 0.654. The molecule has 84 valence electrons. The van der Waals surface area contributed by atoms with Gasteiger partial charge in [-0.2, -0.15) is 0 Å². The Hall–Kier alpha value is -0.120. The molecule has 13 heavy (non-hydrogen) atoms. The molecule has 0 aliphatic heterocycles. The lowest BCUT2D eigenvalue weighted by Gasteiger charge is -2.01. The predicted octanol–water partition coefficient (Wildman–Crippen LogP) is 1.92. The van der Waals surface area contributed by atoms with Gasteiger partial charge in [0.05, 0.1) is 13.2 Å². The van der Waals surface area contributed by atoms with Gasteiger partial charge in [-0.3, -0.25) is 0 Å². The summed E-state index contributed by atoms with van der Waals surface area (Å²) in [6.07, 6.45) is 0. The van der Waals surface area contributed by atoms with Crippen LogP contribution in [-0.2, 0) is 9.47 Å². The van der Waals surface area contributed by atoms with Crippen molar-refractivity contribution >= 4 is 0 Å². The van der Waals surface area contributed by atoms with Crippen molar-refractivity contribution in [1.82, 2.24) is 5.32 Å². The van der Waals surface area contributed by atoms with Crippen LogP contribution in [0.25, 0.3) is 0 Å². The molecule has 1 N–H and O–H groups in total. The van der Waals surface area contributed by atoms with Crippen LogP contribution < -0.4 is 5.32 Å². The molecule has 3 heteroatoms. The molecular weight excluding hydrogens is 166 g/mol. The maximum atomic E-state index is 4.82. The third kappa shape index (κ3) is 33.5. The lowest BCUT2D eigenvalue weighted by Crippen LogP contribution is -2.23. The molecule has 0 unspecified atom stereocenters. The van der Waals surface area contributed by atoms with E-state index in [0.717, 1.165) is 26.3 Å². The number of hydrogen-bond donors (Lipinski definition) is 1. The first-order chi connectivity index (χ1) is 6.41. The van der Waals surface area contributed by atoms with Crippen molar-refractivity contribution < 1.29 is 9.47 Å². The van der Waals surface area contributed by atoms with Crippen LogP contribution in [0.4, 0.5) is 0 Å². The van der Waals surface area contributed by atoms with E-state index in [1.165, 1.54) is 0 Å². The SMILES string of the molecule is CC.CC.COCCNCCOC. The smallest absolute Gasteiger partial charge is 0.0587 e. The summed E-state index contributed by atoms with van der Waals surface area (Å²) in [5, 5.41) is 3.14. The second-order valence-corrected chi connectivity index (χ2v) is 1.74. The van der Waals surface area contributed by atoms with Gasteiger partial charge in [-0.05, 0) is 0 Å². The second kappa shape index (κ2) is 29.7. The molecule has 0 aliphatic rings. The van der Waals surface area contributed by atoms with Crippen molar-refractivity contribution in [2.75, 3.05) is 40.5 Å². The van der Waals surface area contributed by atoms with Gasteiger partial charge in [-0.25, -0.2) is 0 Å². The fourth-order valence-corrected chi connectivity index (χ4v) is 0.473. The number of hydrogen-bond acceptors (Lipinski definition) is 3. The van der Waals surface area contributed by atoms with Crippen molar-refractivity contribution in [1.29, 1.82) is 0 Å². The van der Waals surface area contributed by atoms with E-state index in [9.17, 15) is 0 Å². The molecule has 0 atom stereocenters. The Labute approximate surface area is 83.8 Å². The van der Waals surface area contributed by atoms with Gasteiger partial charge in [-0.1, -0.05) is 27.7 Å². The Morgan fingerprint density at radius 2 is 1.08 bits per heavy atom. The van der Waals surface area contributed by atoms with Crippen LogP contribution in [0.1, 0.15) is 27.7 Å². The minimum atomic E-state index is 0.768. The molecule has 0 saturated carbocycles. The van der Waals surface area contributed by atoms with Gasteiger partial charge >= 0.3 is 0 Å². The molecule has 0 aromatic rings. The zero-order chi connectivity index (χ0) is 10.9. The minimum Gasteiger partial charge on any atom is -0.383 e. The first-order valence-corrected chi connectivity index (χ1v) is 5.10. The van der Waals surface area contributed by atoms with Gasteiger partial charge in [0.2, 0.25) is 0 Å². The van der Waals surface area contributed by atoms with Gasteiger partial charge in [0.15, 0.2) is 0 Å². The Bertz CT molecular complexity index is 46.2. The van der Waals surface area contributed by atoms with Gasteiger partial charge in [-0.15, -0.1) is 0 Å². The van der Waals surface area contributed by atoms with Crippen molar-refractivity contribution in [2.24, 2.45) is 0 Å². The van der Waals surface area contributed by atoms with Gasteiger partial charge in [0, 0.05) is 27.3 Å². The number of nitrogens with one attached hydrogen (secondary N) is 1. The summed E-state index contributed by atoms with van der Waals surface area (Å²) >= 11 is 0. The Balaban J connectivity index is -0.000000218. The highest BCUT2D eigenvalue weighted by atomic mass is 16.5. The van der Waals surface area contributed by atoms with Crippen LogP contribution in [-0.4, -0.2) is 40.5 Å². The summed E-state index contributed by atoms with van der Waals surface area (Å²) in [4.78, 5) is 0. The van der Waals surface area contributed by atoms with Crippen molar-refractivity contribution in [3.63, 3.8) is 0 Å². The lowest BCUT2D eigenvalue weighted by molar-refractivity contribution is 0.180. The second-order valence-electron chi connectivity index (χ2n) is 1.74. The fourth-order valence-electron chi connectivity index (χ4n) is 0.473. The van der Waals surface area contributed by atoms with Crippen LogP contribution in [0.15, 0.2) is 0 Å². The molecule has 0 fully saturated rings. The standard InChI is InChI=1S/C6H15NO2.2C2H6/c1-8-5-3-7-4-6-9-2;2*1-2/h7H,3-6H2,1-2H3;2*1-2H3. The van der Waals surface area contributed by atoms with Crippen molar-refractivity contribution in [2.45, 2.75) is 27.7 Å². The molecule has 0 aliphatic carbocycles. The van der Waals surface area contributed by atoms with E-state index in [1.54, 1.807) is 14.2 Å². The average Bonchev–Trinajstić information content (AvgIpc) is 2.24. The third-order valence-corrected chi connectivity index (χ3v) is 0.966. The molecule has 0 rings (SSSR count). The van der Waals surface area contributed by atoms with E-state index in [0.29, 0.717) is 0 Å². The summed E-state index contributed by atoms with van der Waals surface area (Å²) in [6.45, 7) is 11.3. The molecule has 0 spiro atoms. The number of ether oxygens (including phenoxy) is 2. The van der Waals surface area contributed by atoms with E-state index in [-0.39, 0.29) is 0 Å². The Morgan fingerprint density at radius 1 is 0.769 bits per heavy atom. The first-order valence-electron chi connectivity index (χ1n) is 5.10. The van der Waals surface area contributed by atoms with Gasteiger partial charge in [0.1, 0.15) is 0 Å². The van der Waals surface area contributed by atoms with Crippen LogP contribution >= 0.6 is 0 Å². The van der Waals surface area contributed by atoms with E-state index in [1.807, 2.05) is 27.7 Å². The van der Waals surface area contributed by atoms with Crippen LogP contribution in [0, 0.1) is 0 Å². The van der Waals surface area contributed by atoms with E-state index >= 15 is 0 Å². The van der Waals surface area contributed by atoms with Crippen molar-refractivity contribution in [3.05, 3.63) is 0 Å². The Morgan fingerprint density at radius 3 is 1.31 bits per heavy atom. The molecule has 0 saturated heterocycles. The summed E-state index contributed by atoms with van der Waals surface area (Å²) in [5.41, 5.74) is 0. The number of rotatable bonds is 6. The maximum absolute atomic E-state index is 4.82. The first kappa shape index (κ1) is 18.6. The van der Waals surface area contributed by atoms with Crippen molar-refractivity contribution in [3.8, 4) is 0 Å². The van der Waals surface area contributed by atoms with Gasteiger partial charge in [0.25, 0.3) is 0 Å². The summed E-state index contributed by atoms with van der Waals surface area (Å²) in [5.74, 6) is 0. The largest absolute Gasteiger partial charge is 0.383 e. The predicted molar refractivity (Wildman–Crippen MR) is 59.3 cm³/mol. The van der Waals surface area contributed by atoms with E-state index < -0.39 is 0 Å².